The van der Waals surface area contributed by atoms with Crippen LogP contribution in [0.3, 0.4) is 0 Å². The molecule has 1 amide bonds. The molecule has 7 nitrogen and oxygen atoms in total. The van der Waals surface area contributed by atoms with Gasteiger partial charge in [-0.3, -0.25) is 4.79 Å². The van der Waals surface area contributed by atoms with Crippen LogP contribution < -0.4 is 5.32 Å². The number of nitrogens with one attached hydrogen (secondary N) is 1. The van der Waals surface area contributed by atoms with Crippen molar-refractivity contribution in [1.82, 2.24) is 25.2 Å². The second-order valence-electron chi connectivity index (χ2n) is 6.38. The quantitative estimate of drug-likeness (QED) is 0.494. The number of rotatable bonds is 8. The first-order chi connectivity index (χ1) is 14.0. The average molecular weight is 451 g/mol. The standard InChI is InChI=1S/C19H20Cl2N6OS/c1-3-4-5-13-6-8-15(9-7-13)27-19(24-25-26-27)29-12(2)18(28)23-17-16(21)10-14(20)11-22-17/h6-12H,3-5H2,1-2H3,(H,22,23,28). The molecule has 0 saturated heterocycles. The van der Waals surface area contributed by atoms with E-state index in [0.29, 0.717) is 10.2 Å². The molecule has 0 bridgehead atoms. The van der Waals surface area contributed by atoms with Gasteiger partial charge in [0.15, 0.2) is 5.82 Å². The monoisotopic (exact) mass is 450 g/mol. The van der Waals surface area contributed by atoms with Gasteiger partial charge in [-0.1, -0.05) is 60.4 Å². The van der Waals surface area contributed by atoms with Crippen LogP contribution in [0.25, 0.3) is 5.69 Å². The van der Waals surface area contributed by atoms with Crippen molar-refractivity contribution in [2.24, 2.45) is 0 Å². The summed E-state index contributed by atoms with van der Waals surface area (Å²) in [6, 6.07) is 9.63. The van der Waals surface area contributed by atoms with Crippen LogP contribution in [0.1, 0.15) is 32.3 Å². The minimum Gasteiger partial charge on any atom is -0.308 e. The van der Waals surface area contributed by atoms with Crippen molar-refractivity contribution in [2.45, 2.75) is 43.5 Å². The Bertz CT molecular complexity index is 979. The van der Waals surface area contributed by atoms with Gasteiger partial charge in [0.1, 0.15) is 0 Å². The topological polar surface area (TPSA) is 85.6 Å². The van der Waals surface area contributed by atoms with Crippen molar-refractivity contribution in [3.05, 3.63) is 52.1 Å². The van der Waals surface area contributed by atoms with Crippen molar-refractivity contribution in [3.8, 4) is 5.69 Å². The molecule has 10 heteroatoms. The van der Waals surface area contributed by atoms with Gasteiger partial charge in [-0.2, -0.15) is 4.68 Å². The number of hydrogen-bond acceptors (Lipinski definition) is 6. The van der Waals surface area contributed by atoms with E-state index in [1.807, 2.05) is 12.1 Å². The number of unbranched alkanes of at least 4 members (excludes halogenated alkanes) is 1. The lowest BCUT2D eigenvalue weighted by molar-refractivity contribution is -0.115. The zero-order chi connectivity index (χ0) is 20.8. The lowest BCUT2D eigenvalue weighted by atomic mass is 10.1. The minimum absolute atomic E-state index is 0.260. The number of aryl methyl sites for hydroxylation is 1. The third-order valence-electron chi connectivity index (χ3n) is 4.14. The van der Waals surface area contributed by atoms with Crippen molar-refractivity contribution in [1.29, 1.82) is 0 Å². The first-order valence-corrected chi connectivity index (χ1v) is 10.8. The molecule has 2 aromatic heterocycles. The summed E-state index contributed by atoms with van der Waals surface area (Å²) in [5.41, 5.74) is 2.12. The maximum Gasteiger partial charge on any atom is 0.238 e. The van der Waals surface area contributed by atoms with Crippen LogP contribution >= 0.6 is 35.0 Å². The third-order valence-corrected chi connectivity index (χ3v) is 5.67. The highest BCUT2D eigenvalue weighted by molar-refractivity contribution is 8.00. The number of tetrazole rings is 1. The molecule has 0 aliphatic heterocycles. The van der Waals surface area contributed by atoms with E-state index in [0.717, 1.165) is 24.9 Å². The van der Waals surface area contributed by atoms with E-state index in [9.17, 15) is 4.79 Å². The molecule has 152 valence electrons. The number of aromatic nitrogens is 5. The summed E-state index contributed by atoms with van der Waals surface area (Å²) >= 11 is 13.1. The molecule has 0 aliphatic rings. The summed E-state index contributed by atoms with van der Waals surface area (Å²) < 4.78 is 1.62. The van der Waals surface area contributed by atoms with Crippen molar-refractivity contribution in [3.63, 3.8) is 0 Å². The van der Waals surface area contributed by atoms with Crippen LogP contribution in [0.15, 0.2) is 41.7 Å². The molecular formula is C19H20Cl2N6OS. The molecule has 3 aromatic rings. The molecule has 1 atom stereocenters. The maximum atomic E-state index is 12.5. The Morgan fingerprint density at radius 2 is 2.03 bits per heavy atom. The van der Waals surface area contributed by atoms with Crippen LogP contribution in [0.2, 0.25) is 10.0 Å². The molecule has 29 heavy (non-hydrogen) atoms. The van der Waals surface area contributed by atoms with Gasteiger partial charge in [0.05, 0.1) is 21.0 Å². The highest BCUT2D eigenvalue weighted by Gasteiger charge is 2.20. The van der Waals surface area contributed by atoms with E-state index in [1.54, 1.807) is 11.6 Å². The predicted octanol–water partition coefficient (Wildman–Crippen LogP) is 4.83. The lowest BCUT2D eigenvalue weighted by Crippen LogP contribution is -2.23. The molecular weight excluding hydrogens is 431 g/mol. The maximum absolute atomic E-state index is 12.5. The molecule has 0 saturated carbocycles. The number of carbonyl (C=O) groups excluding carboxylic acids is 1. The first kappa shape index (κ1) is 21.5. The van der Waals surface area contributed by atoms with Gasteiger partial charge in [-0.15, -0.1) is 5.10 Å². The Balaban J connectivity index is 1.68. The van der Waals surface area contributed by atoms with Crippen LogP contribution in [0.4, 0.5) is 5.82 Å². The smallest absolute Gasteiger partial charge is 0.238 e. The molecule has 0 fully saturated rings. The normalized spacial score (nSPS) is 12.0. The summed E-state index contributed by atoms with van der Waals surface area (Å²) in [5.74, 6) is -0.00744. The molecule has 0 radical (unpaired) electrons. The van der Waals surface area contributed by atoms with Gasteiger partial charge in [0.25, 0.3) is 0 Å². The zero-order valence-electron chi connectivity index (χ0n) is 16.0. The second-order valence-corrected chi connectivity index (χ2v) is 8.53. The fourth-order valence-corrected chi connectivity index (χ4v) is 3.77. The van der Waals surface area contributed by atoms with Gasteiger partial charge in [0, 0.05) is 6.20 Å². The Morgan fingerprint density at radius 3 is 2.72 bits per heavy atom. The van der Waals surface area contributed by atoms with E-state index >= 15 is 0 Å². The van der Waals surface area contributed by atoms with Gasteiger partial charge < -0.3 is 5.32 Å². The Kier molecular flexibility index (Phi) is 7.46. The number of thioether (sulfide) groups is 1. The molecule has 1 N–H and O–H groups in total. The van der Waals surface area contributed by atoms with Crippen LogP contribution in [0.5, 0.6) is 0 Å². The van der Waals surface area contributed by atoms with E-state index in [4.69, 9.17) is 23.2 Å². The summed E-state index contributed by atoms with van der Waals surface area (Å²) in [4.78, 5) is 16.6. The summed E-state index contributed by atoms with van der Waals surface area (Å²) in [5, 5.41) is 15.3. The molecule has 0 spiro atoms. The molecule has 0 aliphatic carbocycles. The molecule has 1 aromatic carbocycles. The fraction of sp³-hybridized carbons (Fsp3) is 0.316. The Labute approximate surface area is 183 Å². The Hall–Kier alpha value is -2.16. The fourth-order valence-electron chi connectivity index (χ4n) is 2.54. The summed E-state index contributed by atoms with van der Waals surface area (Å²) in [7, 11) is 0. The van der Waals surface area contributed by atoms with Crippen molar-refractivity contribution in [2.75, 3.05) is 5.32 Å². The van der Waals surface area contributed by atoms with Gasteiger partial charge in [-0.25, -0.2) is 4.98 Å². The number of amides is 1. The molecule has 1 unspecified atom stereocenters. The van der Waals surface area contributed by atoms with Gasteiger partial charge in [0.2, 0.25) is 11.1 Å². The van der Waals surface area contributed by atoms with E-state index in [1.165, 1.54) is 29.6 Å². The minimum atomic E-state index is -0.475. The van der Waals surface area contributed by atoms with Crippen molar-refractivity contribution < 1.29 is 4.79 Å². The molecule has 3 rings (SSSR count). The highest BCUT2D eigenvalue weighted by atomic mass is 35.5. The zero-order valence-corrected chi connectivity index (χ0v) is 18.3. The van der Waals surface area contributed by atoms with Crippen LogP contribution in [-0.4, -0.2) is 36.3 Å². The number of halogens is 2. The summed E-state index contributed by atoms with van der Waals surface area (Å²) in [6.07, 6.45) is 4.79. The van der Waals surface area contributed by atoms with Crippen LogP contribution in [0, 0.1) is 0 Å². The SMILES string of the molecule is CCCCc1ccc(-n2nnnc2SC(C)C(=O)Nc2ncc(Cl)cc2Cl)cc1. The highest BCUT2D eigenvalue weighted by Crippen LogP contribution is 2.26. The van der Waals surface area contributed by atoms with E-state index in [2.05, 4.69) is 44.9 Å². The molecule has 2 heterocycles. The predicted molar refractivity (Wildman–Crippen MR) is 116 cm³/mol. The number of benzene rings is 1. The Morgan fingerprint density at radius 1 is 1.28 bits per heavy atom. The first-order valence-electron chi connectivity index (χ1n) is 9.14. The number of carbonyl (C=O) groups is 1. The number of nitrogens with zero attached hydrogens (tertiary/aromatic N) is 5. The average Bonchev–Trinajstić information content (AvgIpc) is 3.17. The van der Waals surface area contributed by atoms with Gasteiger partial charge >= 0.3 is 0 Å². The van der Waals surface area contributed by atoms with Gasteiger partial charge in [-0.05, 0) is 54.0 Å². The second kappa shape index (κ2) is 10.0. The number of anilines is 1. The largest absolute Gasteiger partial charge is 0.308 e. The number of pyridine rings is 1. The lowest BCUT2D eigenvalue weighted by Gasteiger charge is -2.12. The van der Waals surface area contributed by atoms with Crippen molar-refractivity contribution >= 4 is 46.7 Å². The van der Waals surface area contributed by atoms with Crippen LogP contribution in [-0.2, 0) is 11.2 Å². The third kappa shape index (κ3) is 5.68. The van der Waals surface area contributed by atoms with E-state index in [-0.39, 0.29) is 16.7 Å². The summed E-state index contributed by atoms with van der Waals surface area (Å²) in [6.45, 7) is 3.93. The van der Waals surface area contributed by atoms with E-state index < -0.39 is 5.25 Å². The number of hydrogen-bond donors (Lipinski definition) is 1.